The summed E-state index contributed by atoms with van der Waals surface area (Å²) in [4.78, 5) is 43.1. The van der Waals surface area contributed by atoms with Crippen LogP contribution in [-0.2, 0) is 19.4 Å². The van der Waals surface area contributed by atoms with Crippen molar-refractivity contribution in [2.24, 2.45) is 17.3 Å². The van der Waals surface area contributed by atoms with Gasteiger partial charge in [0.25, 0.3) is 0 Å². The fourth-order valence-corrected chi connectivity index (χ4v) is 8.03. The van der Waals surface area contributed by atoms with Crippen LogP contribution in [-0.4, -0.2) is 73.1 Å². The van der Waals surface area contributed by atoms with E-state index in [1.807, 2.05) is 20.8 Å². The van der Waals surface area contributed by atoms with E-state index in [-0.39, 0.29) is 39.7 Å². The predicted molar refractivity (Wildman–Crippen MR) is 154 cm³/mol. The number of likely N-dealkylation sites (tertiary alicyclic amines) is 1. The Bertz CT molecular complexity index is 1290. The molecule has 11 heteroatoms. The lowest BCUT2D eigenvalue weighted by Gasteiger charge is -2.40. The molecule has 9 nitrogen and oxygen atoms in total. The van der Waals surface area contributed by atoms with Gasteiger partial charge in [-0.15, -0.1) is 11.3 Å². The van der Waals surface area contributed by atoms with E-state index in [1.165, 1.54) is 0 Å². The van der Waals surface area contributed by atoms with Crippen molar-refractivity contribution in [2.75, 3.05) is 29.5 Å². The zero-order valence-electron chi connectivity index (χ0n) is 23.8. The second kappa shape index (κ2) is 12.1. The van der Waals surface area contributed by atoms with Gasteiger partial charge in [0.05, 0.1) is 22.1 Å². The molecule has 2 saturated heterocycles. The fraction of sp³-hybridized carbons (Fsp3) is 0.690. The van der Waals surface area contributed by atoms with Crippen LogP contribution in [0, 0.1) is 29.1 Å². The van der Waals surface area contributed by atoms with Crippen LogP contribution >= 0.6 is 11.3 Å². The minimum absolute atomic E-state index is 0.0265. The van der Waals surface area contributed by atoms with Gasteiger partial charge in [-0.05, 0) is 77.7 Å². The number of amides is 2. The Hall–Kier alpha value is -2.58. The van der Waals surface area contributed by atoms with E-state index in [4.69, 9.17) is 4.74 Å². The number of carboxylic acids is 1. The maximum atomic E-state index is 14.1. The van der Waals surface area contributed by atoms with Gasteiger partial charge in [0, 0.05) is 30.5 Å². The Labute approximate surface area is 241 Å². The smallest absolute Gasteiger partial charge is 0.410 e. The number of piperidine rings is 1. The molecule has 1 aromatic rings. The van der Waals surface area contributed by atoms with Gasteiger partial charge in [0.1, 0.15) is 11.0 Å². The molecular weight excluding hydrogens is 552 g/mol. The van der Waals surface area contributed by atoms with Crippen LogP contribution in [0.25, 0.3) is 0 Å². The average Bonchev–Trinajstić information content (AvgIpc) is 3.46. The summed E-state index contributed by atoms with van der Waals surface area (Å²) in [5.41, 5.74) is 0.128. The number of carboxylic acid groups (broad SMARTS) is 1. The van der Waals surface area contributed by atoms with Crippen LogP contribution in [0.15, 0.2) is 6.07 Å². The number of hydrogen-bond acceptors (Lipinski definition) is 7. The van der Waals surface area contributed by atoms with Crippen molar-refractivity contribution in [3.63, 3.8) is 0 Å². The zero-order valence-corrected chi connectivity index (χ0v) is 25.4. The molecule has 1 aliphatic carbocycles. The van der Waals surface area contributed by atoms with Gasteiger partial charge in [-0.2, -0.15) is 0 Å². The van der Waals surface area contributed by atoms with Gasteiger partial charge in [0.15, 0.2) is 9.84 Å². The number of thiophene rings is 1. The molecule has 2 aliphatic heterocycles. The molecular formula is C29H40N2O7S2. The monoisotopic (exact) mass is 592 g/mol. The molecule has 40 heavy (non-hydrogen) atoms. The van der Waals surface area contributed by atoms with Crippen LogP contribution in [0.1, 0.15) is 87.2 Å². The number of carbonyl (C=O) groups is 3. The van der Waals surface area contributed by atoms with E-state index in [0.29, 0.717) is 48.8 Å². The van der Waals surface area contributed by atoms with E-state index in [2.05, 4.69) is 18.8 Å². The molecule has 1 aromatic heterocycles. The fourth-order valence-electron chi connectivity index (χ4n) is 5.60. The molecule has 3 heterocycles. The zero-order chi connectivity index (χ0) is 29.2. The maximum Gasteiger partial charge on any atom is 0.410 e. The van der Waals surface area contributed by atoms with E-state index in [0.717, 1.165) is 37.0 Å². The number of hydrogen-bond donors (Lipinski definition) is 1. The summed E-state index contributed by atoms with van der Waals surface area (Å²) in [6, 6.07) is 1.45. The highest BCUT2D eigenvalue weighted by molar-refractivity contribution is 7.91. The van der Waals surface area contributed by atoms with Crippen molar-refractivity contribution in [1.82, 2.24) is 4.90 Å². The van der Waals surface area contributed by atoms with Crippen LogP contribution in [0.4, 0.5) is 10.5 Å². The molecule has 3 fully saturated rings. The molecule has 4 rings (SSSR count). The third kappa shape index (κ3) is 7.58. The largest absolute Gasteiger partial charge is 0.477 e. The number of nitrogens with zero attached hydrogens (tertiary/aromatic N) is 2. The molecule has 1 saturated carbocycles. The minimum atomic E-state index is -3.16. The summed E-state index contributed by atoms with van der Waals surface area (Å²) in [5.74, 6) is 5.38. The Morgan fingerprint density at radius 1 is 1.07 bits per heavy atom. The Balaban J connectivity index is 1.56. The predicted octanol–water partition coefficient (Wildman–Crippen LogP) is 4.79. The Morgan fingerprint density at radius 2 is 1.73 bits per heavy atom. The molecule has 0 aromatic carbocycles. The van der Waals surface area contributed by atoms with Crippen molar-refractivity contribution in [1.29, 1.82) is 0 Å². The van der Waals surface area contributed by atoms with E-state index < -0.39 is 28.0 Å². The standard InChI is InChI=1S/C29H40N2O7S2/c1-19-5-7-20(8-6-19)26(32)31(24-17-23(9-13-29(2,3)4)39-25(24)27(33)34)21-10-14-30(15-11-21)28(35)38-22-12-16-40(36,37)18-22/h17,19-22H,5-8,10-12,14-16,18H2,1-4H3,(H,33,34)/t19-,20-,22?. The number of rotatable bonds is 5. The highest BCUT2D eigenvalue weighted by Gasteiger charge is 2.39. The third-order valence-corrected chi connectivity index (χ3v) is 10.6. The van der Waals surface area contributed by atoms with Crippen LogP contribution in [0.5, 0.6) is 0 Å². The lowest BCUT2D eigenvalue weighted by Crippen LogP contribution is -2.51. The average molecular weight is 593 g/mol. The SMILES string of the molecule is CC(C)(C)C#Cc1cc(N(C(=O)[C@H]2CC[C@H](C)CC2)C2CCN(C(=O)OC3CCS(=O)(=O)C3)CC2)c(C(=O)O)s1. The third-order valence-electron chi connectivity index (χ3n) is 7.88. The molecule has 3 aliphatic rings. The lowest BCUT2D eigenvalue weighted by atomic mass is 9.82. The van der Waals surface area contributed by atoms with Crippen LogP contribution < -0.4 is 4.90 Å². The number of aromatic carboxylic acids is 1. The summed E-state index contributed by atoms with van der Waals surface area (Å²) in [7, 11) is -3.16. The lowest BCUT2D eigenvalue weighted by molar-refractivity contribution is -0.124. The highest BCUT2D eigenvalue weighted by atomic mass is 32.2. The quantitative estimate of drug-likeness (QED) is 0.488. The van der Waals surface area contributed by atoms with Crippen LogP contribution in [0.3, 0.4) is 0 Å². The highest BCUT2D eigenvalue weighted by Crippen LogP contribution is 2.38. The number of sulfone groups is 1. The second-order valence-electron chi connectivity index (χ2n) is 12.4. The first-order valence-electron chi connectivity index (χ1n) is 14.1. The van der Waals surface area contributed by atoms with Gasteiger partial charge in [-0.1, -0.05) is 18.8 Å². The first-order chi connectivity index (χ1) is 18.7. The van der Waals surface area contributed by atoms with Gasteiger partial charge < -0.3 is 19.6 Å². The van der Waals surface area contributed by atoms with Crippen molar-refractivity contribution in [2.45, 2.75) is 84.8 Å². The summed E-state index contributed by atoms with van der Waals surface area (Å²) < 4.78 is 28.9. The molecule has 1 N–H and O–H groups in total. The topological polar surface area (TPSA) is 121 Å². The maximum absolute atomic E-state index is 14.1. The van der Waals surface area contributed by atoms with Crippen molar-refractivity contribution >= 4 is 44.8 Å². The molecule has 0 radical (unpaired) electrons. The normalized spacial score (nSPS) is 25.1. The van der Waals surface area contributed by atoms with E-state index >= 15 is 0 Å². The summed E-state index contributed by atoms with van der Waals surface area (Å²) in [5, 5.41) is 10.1. The molecule has 2 amide bonds. The molecule has 0 bridgehead atoms. The number of ether oxygens (including phenoxy) is 1. The number of anilines is 1. The van der Waals surface area contributed by atoms with Crippen LogP contribution in [0.2, 0.25) is 0 Å². The van der Waals surface area contributed by atoms with Gasteiger partial charge in [0.2, 0.25) is 5.91 Å². The van der Waals surface area contributed by atoms with Gasteiger partial charge in [-0.25, -0.2) is 18.0 Å². The molecule has 1 unspecified atom stereocenters. The molecule has 220 valence electrons. The summed E-state index contributed by atoms with van der Waals surface area (Å²) in [6.45, 7) is 8.80. The summed E-state index contributed by atoms with van der Waals surface area (Å²) >= 11 is 1.09. The van der Waals surface area contributed by atoms with E-state index in [9.17, 15) is 27.9 Å². The van der Waals surface area contributed by atoms with Crippen molar-refractivity contribution in [3.05, 3.63) is 15.8 Å². The Kier molecular flexibility index (Phi) is 9.20. The first-order valence-corrected chi connectivity index (χ1v) is 16.8. The molecule has 0 spiro atoms. The minimum Gasteiger partial charge on any atom is -0.477 e. The second-order valence-corrected chi connectivity index (χ2v) is 15.7. The van der Waals surface area contributed by atoms with Crippen molar-refractivity contribution < 1.29 is 32.6 Å². The van der Waals surface area contributed by atoms with Crippen molar-refractivity contribution in [3.8, 4) is 11.8 Å². The molecule has 1 atom stereocenters. The number of carbonyl (C=O) groups excluding carboxylic acids is 2. The first kappa shape index (κ1) is 30.4. The van der Waals surface area contributed by atoms with Gasteiger partial charge >= 0.3 is 12.1 Å². The summed E-state index contributed by atoms with van der Waals surface area (Å²) in [6.07, 6.45) is 3.54. The Morgan fingerprint density at radius 3 is 2.27 bits per heavy atom. The van der Waals surface area contributed by atoms with Gasteiger partial charge in [-0.3, -0.25) is 4.79 Å². The van der Waals surface area contributed by atoms with E-state index in [1.54, 1.807) is 15.9 Å².